The number of benzene rings is 4. The first-order valence-electron chi connectivity index (χ1n) is 13.3. The van der Waals surface area contributed by atoms with Crippen molar-refractivity contribution in [3.05, 3.63) is 125 Å². The summed E-state index contributed by atoms with van der Waals surface area (Å²) < 4.78 is 7.83. The molecule has 42 heavy (non-hydrogen) atoms. The van der Waals surface area contributed by atoms with E-state index >= 15 is 0 Å². The van der Waals surface area contributed by atoms with Gasteiger partial charge in [-0.05, 0) is 79.6 Å². The lowest BCUT2D eigenvalue weighted by Gasteiger charge is -2.14. The Balaban J connectivity index is 1.24. The van der Waals surface area contributed by atoms with Crippen molar-refractivity contribution in [1.29, 1.82) is 0 Å². The summed E-state index contributed by atoms with van der Waals surface area (Å²) in [5, 5.41) is 17.2. The quantitative estimate of drug-likeness (QED) is 0.0946. The minimum absolute atomic E-state index is 0.257. The van der Waals surface area contributed by atoms with Crippen molar-refractivity contribution in [3.63, 3.8) is 0 Å². The second kappa shape index (κ2) is 13.8. The maximum absolute atomic E-state index is 12.9. The highest BCUT2D eigenvalue weighted by Crippen LogP contribution is 2.27. The Morgan fingerprint density at radius 3 is 2.48 bits per heavy atom. The summed E-state index contributed by atoms with van der Waals surface area (Å²) in [6, 6.07) is 32.5. The maximum atomic E-state index is 12.9. The summed E-state index contributed by atoms with van der Waals surface area (Å²) in [7, 11) is 0. The average molecular weight is 597 g/mol. The van der Waals surface area contributed by atoms with Crippen LogP contribution in [0.1, 0.15) is 23.9 Å². The van der Waals surface area contributed by atoms with Crippen LogP contribution in [-0.4, -0.2) is 32.1 Å². The molecular formula is C32H29ClN6O2S. The van der Waals surface area contributed by atoms with Crippen molar-refractivity contribution in [2.75, 3.05) is 5.32 Å². The van der Waals surface area contributed by atoms with E-state index < -0.39 is 5.25 Å². The van der Waals surface area contributed by atoms with Gasteiger partial charge in [0, 0.05) is 16.4 Å². The van der Waals surface area contributed by atoms with Gasteiger partial charge in [0.15, 0.2) is 11.0 Å². The van der Waals surface area contributed by atoms with Gasteiger partial charge in [0.05, 0.1) is 18.0 Å². The number of hydrogen-bond donors (Lipinski definition) is 2. The number of anilines is 1. The van der Waals surface area contributed by atoms with Gasteiger partial charge in [0.2, 0.25) is 0 Å². The molecule has 0 aliphatic heterocycles. The molecule has 0 saturated carbocycles. The molecule has 1 unspecified atom stereocenters. The summed E-state index contributed by atoms with van der Waals surface area (Å²) in [6.07, 6.45) is 1.59. The van der Waals surface area contributed by atoms with Crippen LogP contribution in [0.3, 0.4) is 0 Å². The zero-order valence-electron chi connectivity index (χ0n) is 23.1. The van der Waals surface area contributed by atoms with E-state index in [1.54, 1.807) is 6.21 Å². The van der Waals surface area contributed by atoms with E-state index in [1.807, 2.05) is 122 Å². The van der Waals surface area contributed by atoms with Crippen molar-refractivity contribution in [2.45, 2.75) is 30.8 Å². The van der Waals surface area contributed by atoms with E-state index in [0.717, 1.165) is 28.3 Å². The van der Waals surface area contributed by atoms with Gasteiger partial charge in [-0.2, -0.15) is 5.10 Å². The fourth-order valence-corrected chi connectivity index (χ4v) is 5.19. The number of aromatic nitrogens is 3. The summed E-state index contributed by atoms with van der Waals surface area (Å²) in [6.45, 7) is 4.24. The zero-order chi connectivity index (χ0) is 29.3. The number of aryl methyl sites for hydroxylation is 1. The molecule has 4 aromatic carbocycles. The molecule has 8 nitrogen and oxygen atoms in total. The van der Waals surface area contributed by atoms with Gasteiger partial charge in [-0.15, -0.1) is 10.2 Å². The number of amides is 1. The fraction of sp³-hybridized carbons (Fsp3) is 0.125. The van der Waals surface area contributed by atoms with Crippen LogP contribution in [0.2, 0.25) is 5.02 Å². The van der Waals surface area contributed by atoms with Crippen LogP contribution in [0.4, 0.5) is 5.69 Å². The molecular weight excluding hydrogens is 568 g/mol. The van der Waals surface area contributed by atoms with E-state index in [-0.39, 0.29) is 5.91 Å². The van der Waals surface area contributed by atoms with Gasteiger partial charge < -0.3 is 10.1 Å². The molecule has 0 aliphatic carbocycles. The number of hydrogen-bond acceptors (Lipinski definition) is 7. The summed E-state index contributed by atoms with van der Waals surface area (Å²) in [5.74, 6) is 1.87. The van der Waals surface area contributed by atoms with Crippen LogP contribution in [0.5, 0.6) is 11.5 Å². The van der Waals surface area contributed by atoms with Crippen molar-refractivity contribution >= 4 is 41.2 Å². The second-order valence-electron chi connectivity index (χ2n) is 9.36. The number of para-hydroxylation sites is 2. The fourth-order valence-electron chi connectivity index (χ4n) is 4.08. The number of thioether (sulfide) groups is 1. The Kier molecular flexibility index (Phi) is 9.53. The molecule has 0 aliphatic rings. The molecule has 0 fully saturated rings. The first-order valence-corrected chi connectivity index (χ1v) is 14.5. The van der Waals surface area contributed by atoms with E-state index in [4.69, 9.17) is 16.3 Å². The maximum Gasteiger partial charge on any atom is 0.253 e. The third-order valence-corrected chi connectivity index (χ3v) is 7.49. The monoisotopic (exact) mass is 596 g/mol. The standard InChI is InChI=1S/C32H29ClN6O2S/c1-22-18-25(33)16-17-29(22)34-21-30-36-38-32(39(30)26-11-5-3-6-12-26)42-23(2)31(40)37-35-20-24-10-9-15-28(19-24)41-27-13-7-4-8-14-27/h3-20,23,34H,21H2,1-2H3,(H,37,40)/b35-20-. The van der Waals surface area contributed by atoms with E-state index in [1.165, 1.54) is 11.8 Å². The molecule has 212 valence electrons. The van der Waals surface area contributed by atoms with Gasteiger partial charge in [0.1, 0.15) is 11.5 Å². The molecule has 1 amide bonds. The SMILES string of the molecule is Cc1cc(Cl)ccc1NCc1nnc(SC(C)C(=O)N/N=C\c2cccc(Oc3ccccc3)c2)n1-c1ccccc1. The lowest BCUT2D eigenvalue weighted by Crippen LogP contribution is -2.27. The highest BCUT2D eigenvalue weighted by atomic mass is 35.5. The molecule has 5 aromatic rings. The summed E-state index contributed by atoms with van der Waals surface area (Å²) in [4.78, 5) is 12.9. The third-order valence-electron chi connectivity index (χ3n) is 6.22. The van der Waals surface area contributed by atoms with Crippen LogP contribution in [-0.2, 0) is 11.3 Å². The van der Waals surface area contributed by atoms with Crippen molar-refractivity contribution in [2.24, 2.45) is 5.10 Å². The summed E-state index contributed by atoms with van der Waals surface area (Å²) in [5.41, 5.74) is 6.31. The number of ether oxygens (including phenoxy) is 1. The van der Waals surface area contributed by atoms with Crippen LogP contribution in [0.25, 0.3) is 5.69 Å². The van der Waals surface area contributed by atoms with E-state index in [2.05, 4.69) is 26.0 Å². The number of rotatable bonds is 11. The third kappa shape index (κ3) is 7.57. The van der Waals surface area contributed by atoms with Crippen LogP contribution >= 0.6 is 23.4 Å². The molecule has 5 rings (SSSR count). The van der Waals surface area contributed by atoms with Gasteiger partial charge >= 0.3 is 0 Å². The van der Waals surface area contributed by atoms with Crippen molar-refractivity contribution in [1.82, 2.24) is 20.2 Å². The number of carbonyl (C=O) groups is 1. The number of hydrazone groups is 1. The molecule has 0 radical (unpaired) electrons. The number of nitrogens with one attached hydrogen (secondary N) is 2. The molecule has 1 aromatic heterocycles. The van der Waals surface area contributed by atoms with Gasteiger partial charge in [-0.1, -0.05) is 71.9 Å². The molecule has 1 heterocycles. The lowest BCUT2D eigenvalue weighted by atomic mass is 10.2. The van der Waals surface area contributed by atoms with Gasteiger partial charge in [-0.25, -0.2) is 5.43 Å². The topological polar surface area (TPSA) is 93.4 Å². The second-order valence-corrected chi connectivity index (χ2v) is 11.1. The van der Waals surface area contributed by atoms with Crippen molar-refractivity contribution in [3.8, 4) is 17.2 Å². The predicted molar refractivity (Wildman–Crippen MR) is 169 cm³/mol. The Labute approximate surface area is 253 Å². The number of halogens is 1. The minimum atomic E-state index is -0.485. The van der Waals surface area contributed by atoms with Gasteiger partial charge in [0.25, 0.3) is 5.91 Å². The number of carbonyl (C=O) groups excluding carboxylic acids is 1. The van der Waals surface area contributed by atoms with Crippen LogP contribution < -0.4 is 15.5 Å². The zero-order valence-corrected chi connectivity index (χ0v) is 24.6. The minimum Gasteiger partial charge on any atom is -0.457 e. The average Bonchev–Trinajstić information content (AvgIpc) is 3.40. The largest absolute Gasteiger partial charge is 0.457 e. The Morgan fingerprint density at radius 2 is 1.71 bits per heavy atom. The van der Waals surface area contributed by atoms with Gasteiger partial charge in [-0.3, -0.25) is 9.36 Å². The molecule has 0 spiro atoms. The molecule has 0 saturated heterocycles. The van der Waals surface area contributed by atoms with Crippen molar-refractivity contribution < 1.29 is 9.53 Å². The Hall–Kier alpha value is -4.60. The highest BCUT2D eigenvalue weighted by Gasteiger charge is 2.21. The molecule has 10 heteroatoms. The molecule has 1 atom stereocenters. The predicted octanol–water partition coefficient (Wildman–Crippen LogP) is 7.26. The summed E-state index contributed by atoms with van der Waals surface area (Å²) >= 11 is 7.42. The first kappa shape index (κ1) is 28.9. The first-order chi connectivity index (χ1) is 20.5. The van der Waals surface area contributed by atoms with E-state index in [0.29, 0.717) is 28.3 Å². The Bertz CT molecular complexity index is 1680. The number of nitrogens with zero attached hydrogens (tertiary/aromatic N) is 4. The highest BCUT2D eigenvalue weighted by molar-refractivity contribution is 8.00. The lowest BCUT2D eigenvalue weighted by molar-refractivity contribution is -0.120. The smallest absolute Gasteiger partial charge is 0.253 e. The van der Waals surface area contributed by atoms with Crippen LogP contribution in [0.15, 0.2) is 113 Å². The van der Waals surface area contributed by atoms with E-state index in [9.17, 15) is 4.79 Å². The normalized spacial score (nSPS) is 11.8. The molecule has 0 bridgehead atoms. The Morgan fingerprint density at radius 1 is 0.976 bits per heavy atom. The molecule has 2 N–H and O–H groups in total. The van der Waals surface area contributed by atoms with Crippen LogP contribution in [0, 0.1) is 6.92 Å².